The fraction of sp³-hybridized carbons (Fsp3) is 0.417. The molecule has 3 heterocycles. The number of rotatable bonds is 4. The normalized spacial score (nSPS) is 19.2. The number of hydrogen-bond donors (Lipinski definition) is 2. The number of ether oxygens (including phenoxy) is 1. The molecule has 13 heteroatoms. The van der Waals surface area contributed by atoms with Crippen molar-refractivity contribution in [1.29, 1.82) is 0 Å². The summed E-state index contributed by atoms with van der Waals surface area (Å²) in [6.45, 7) is 6.78. The van der Waals surface area contributed by atoms with Crippen LogP contribution in [-0.4, -0.2) is 51.1 Å². The number of H-pyrrole nitrogens is 1. The maximum absolute atomic E-state index is 15.0. The molecule has 2 aromatic heterocycles. The summed E-state index contributed by atoms with van der Waals surface area (Å²) in [6, 6.07) is 0.472. The molecule has 1 aromatic carbocycles. The number of anilines is 1. The molecule has 1 saturated heterocycles. The molecule has 0 spiro atoms. The van der Waals surface area contributed by atoms with E-state index in [9.17, 15) is 27.2 Å². The Kier molecular flexibility index (Phi) is 6.93. The van der Waals surface area contributed by atoms with Gasteiger partial charge in [0.2, 0.25) is 0 Å². The van der Waals surface area contributed by atoms with E-state index in [0.717, 1.165) is 18.3 Å². The number of halogens is 5. The molecular weight excluding hydrogens is 501 g/mol. The van der Waals surface area contributed by atoms with Gasteiger partial charge in [0.15, 0.2) is 17.5 Å². The summed E-state index contributed by atoms with van der Waals surface area (Å²) < 4.78 is 77.1. The molecule has 8 nitrogen and oxygen atoms in total. The molecule has 1 fully saturated rings. The number of nitrogens with zero attached hydrogens (tertiary/aromatic N) is 3. The minimum absolute atomic E-state index is 0.0438. The Morgan fingerprint density at radius 1 is 1.22 bits per heavy atom. The molecule has 0 bridgehead atoms. The quantitative estimate of drug-likeness (QED) is 0.492. The van der Waals surface area contributed by atoms with Gasteiger partial charge in [-0.15, -0.1) is 0 Å². The van der Waals surface area contributed by atoms with Gasteiger partial charge in [-0.2, -0.15) is 13.2 Å². The molecule has 1 amide bonds. The molecule has 1 aliphatic rings. The molecular formula is C24H24F5N5O3. The molecule has 198 valence electrons. The summed E-state index contributed by atoms with van der Waals surface area (Å²) in [5.74, 6) is -3.66. The Hall–Kier alpha value is -3.61. The zero-order valence-electron chi connectivity index (χ0n) is 20.3. The molecule has 0 radical (unpaired) electrons. The third kappa shape index (κ3) is 5.26. The van der Waals surface area contributed by atoms with Gasteiger partial charge in [0, 0.05) is 19.3 Å². The van der Waals surface area contributed by atoms with Gasteiger partial charge < -0.3 is 19.9 Å². The minimum Gasteiger partial charge on any atom is -0.372 e. The number of hydrogen-bond acceptors (Lipinski definition) is 6. The molecule has 0 aliphatic carbocycles. The first-order valence-corrected chi connectivity index (χ1v) is 11.4. The van der Waals surface area contributed by atoms with Gasteiger partial charge >= 0.3 is 6.18 Å². The lowest BCUT2D eigenvalue weighted by Gasteiger charge is -2.35. The summed E-state index contributed by atoms with van der Waals surface area (Å²) in [5, 5.41) is 2.11. The first-order chi connectivity index (χ1) is 17.3. The number of aryl methyl sites for hydroxylation is 1. The van der Waals surface area contributed by atoms with Crippen molar-refractivity contribution in [2.24, 2.45) is 0 Å². The van der Waals surface area contributed by atoms with E-state index < -0.39 is 57.8 Å². The summed E-state index contributed by atoms with van der Waals surface area (Å²) in [6.07, 6.45) is -4.43. The second-order valence-corrected chi connectivity index (χ2v) is 9.09. The Bertz CT molecular complexity index is 1410. The van der Waals surface area contributed by atoms with E-state index in [4.69, 9.17) is 4.74 Å². The zero-order valence-corrected chi connectivity index (χ0v) is 20.3. The first-order valence-electron chi connectivity index (χ1n) is 11.4. The van der Waals surface area contributed by atoms with Crippen molar-refractivity contribution >= 4 is 22.6 Å². The molecule has 4 rings (SSSR count). The van der Waals surface area contributed by atoms with E-state index >= 15 is 4.39 Å². The summed E-state index contributed by atoms with van der Waals surface area (Å²) >= 11 is 0. The van der Waals surface area contributed by atoms with Crippen LogP contribution in [0.2, 0.25) is 0 Å². The van der Waals surface area contributed by atoms with Crippen molar-refractivity contribution < 1.29 is 31.5 Å². The SMILES string of the molecule is Cc1nc2c(F)c(C(F)(F)F)c([C@@H](C)Nc3ncc(C(=O)N4C[C@@H](C)O[C@@H](C)C4)cc3F)cc2c(=O)[nH]1. The third-order valence-corrected chi connectivity index (χ3v) is 5.99. The van der Waals surface area contributed by atoms with Crippen LogP contribution in [0.3, 0.4) is 0 Å². The van der Waals surface area contributed by atoms with Crippen molar-refractivity contribution in [2.75, 3.05) is 18.4 Å². The van der Waals surface area contributed by atoms with E-state index in [-0.39, 0.29) is 29.0 Å². The van der Waals surface area contributed by atoms with E-state index in [1.165, 1.54) is 18.7 Å². The molecule has 0 saturated carbocycles. The lowest BCUT2D eigenvalue weighted by atomic mass is 9.97. The lowest BCUT2D eigenvalue weighted by molar-refractivity contribution is -0.140. The predicted molar refractivity (Wildman–Crippen MR) is 124 cm³/mol. The topological polar surface area (TPSA) is 100 Å². The Balaban J connectivity index is 1.67. The fourth-order valence-electron chi connectivity index (χ4n) is 4.47. The van der Waals surface area contributed by atoms with Gasteiger partial charge in [0.1, 0.15) is 11.3 Å². The Morgan fingerprint density at radius 2 is 1.86 bits per heavy atom. The molecule has 3 atom stereocenters. The number of alkyl halides is 3. The summed E-state index contributed by atoms with van der Waals surface area (Å²) in [4.78, 5) is 36.5. The van der Waals surface area contributed by atoms with Crippen molar-refractivity contribution in [3.63, 3.8) is 0 Å². The number of aromatic amines is 1. The minimum atomic E-state index is -5.13. The summed E-state index contributed by atoms with van der Waals surface area (Å²) in [5.41, 5.74) is -3.84. The van der Waals surface area contributed by atoms with Crippen LogP contribution in [0.5, 0.6) is 0 Å². The van der Waals surface area contributed by atoms with Crippen molar-refractivity contribution in [3.8, 4) is 0 Å². The van der Waals surface area contributed by atoms with Gasteiger partial charge in [-0.1, -0.05) is 0 Å². The highest BCUT2D eigenvalue weighted by atomic mass is 19.4. The van der Waals surface area contributed by atoms with Gasteiger partial charge in [-0.3, -0.25) is 9.59 Å². The van der Waals surface area contributed by atoms with Crippen LogP contribution in [0.1, 0.15) is 54.1 Å². The average Bonchev–Trinajstić information content (AvgIpc) is 2.78. The van der Waals surface area contributed by atoms with E-state index in [0.29, 0.717) is 13.1 Å². The monoisotopic (exact) mass is 525 g/mol. The molecule has 0 unspecified atom stereocenters. The molecule has 37 heavy (non-hydrogen) atoms. The number of pyridine rings is 1. The molecule has 3 aromatic rings. The number of morpholine rings is 1. The highest BCUT2D eigenvalue weighted by molar-refractivity contribution is 5.94. The van der Waals surface area contributed by atoms with Crippen LogP contribution >= 0.6 is 0 Å². The largest absolute Gasteiger partial charge is 0.419 e. The number of nitrogens with one attached hydrogen (secondary N) is 2. The van der Waals surface area contributed by atoms with Gasteiger partial charge in [0.25, 0.3) is 11.5 Å². The number of carbonyl (C=O) groups is 1. The number of carbonyl (C=O) groups excluding carboxylic acids is 1. The van der Waals surface area contributed by atoms with E-state index in [1.54, 1.807) is 13.8 Å². The smallest absolute Gasteiger partial charge is 0.372 e. The second kappa shape index (κ2) is 9.69. The predicted octanol–water partition coefficient (Wildman–Crippen LogP) is 4.35. The Morgan fingerprint density at radius 3 is 2.46 bits per heavy atom. The number of amides is 1. The number of benzene rings is 1. The number of fused-ring (bicyclic) bond motifs is 1. The Labute approximate surface area is 207 Å². The molecule has 2 N–H and O–H groups in total. The van der Waals surface area contributed by atoms with Crippen LogP contribution in [0, 0.1) is 18.6 Å². The van der Waals surface area contributed by atoms with Crippen LogP contribution in [0.4, 0.5) is 27.8 Å². The van der Waals surface area contributed by atoms with E-state index in [2.05, 4.69) is 20.3 Å². The van der Waals surface area contributed by atoms with Crippen LogP contribution in [-0.2, 0) is 10.9 Å². The van der Waals surface area contributed by atoms with Crippen LogP contribution in [0.15, 0.2) is 23.1 Å². The maximum Gasteiger partial charge on any atom is 0.419 e. The van der Waals surface area contributed by atoms with Gasteiger partial charge in [-0.25, -0.2) is 18.7 Å². The van der Waals surface area contributed by atoms with Crippen LogP contribution in [0.25, 0.3) is 10.9 Å². The number of aromatic nitrogens is 3. The van der Waals surface area contributed by atoms with Crippen molar-refractivity contribution in [2.45, 2.75) is 52.1 Å². The second-order valence-electron chi connectivity index (χ2n) is 9.09. The maximum atomic E-state index is 15.0. The van der Waals surface area contributed by atoms with Crippen LogP contribution < -0.4 is 10.9 Å². The van der Waals surface area contributed by atoms with Gasteiger partial charge in [-0.05, 0) is 45.4 Å². The average molecular weight is 525 g/mol. The van der Waals surface area contributed by atoms with Crippen molar-refractivity contribution in [1.82, 2.24) is 19.9 Å². The highest BCUT2D eigenvalue weighted by Crippen LogP contribution is 2.39. The van der Waals surface area contributed by atoms with E-state index in [1.807, 2.05) is 0 Å². The van der Waals surface area contributed by atoms with Gasteiger partial charge in [0.05, 0.1) is 34.8 Å². The standard InChI is InChI=1S/C24H24F5N5O3/c1-10-8-34(9-11(2)37-10)23(36)14-5-17(25)21(30-7-14)31-12(3)15-6-16-20(32-13(4)33-22(16)35)19(26)18(15)24(27,28)29/h5-7,10-12H,8-9H2,1-4H3,(H,30,31)(H,32,33,35)/t10-,11+,12-/m1/s1. The highest BCUT2D eigenvalue weighted by Gasteiger charge is 2.40. The first kappa shape index (κ1) is 26.5. The fourth-order valence-corrected chi connectivity index (χ4v) is 4.47. The third-order valence-electron chi connectivity index (χ3n) is 5.99. The zero-order chi connectivity index (χ0) is 27.2. The molecule has 1 aliphatic heterocycles. The van der Waals surface area contributed by atoms with Crippen molar-refractivity contribution in [3.05, 3.63) is 62.8 Å². The summed E-state index contributed by atoms with van der Waals surface area (Å²) in [7, 11) is 0. The lowest BCUT2D eigenvalue weighted by Crippen LogP contribution is -2.48.